The maximum absolute atomic E-state index is 13.0. The quantitative estimate of drug-likeness (QED) is 0.873. The number of amides is 1. The van der Waals surface area contributed by atoms with Gasteiger partial charge < -0.3 is 9.64 Å². The highest BCUT2D eigenvalue weighted by Gasteiger charge is 2.31. The van der Waals surface area contributed by atoms with Crippen LogP contribution in [0.15, 0.2) is 53.4 Å². The largest absolute Gasteiger partial charge is 0.497 e. The van der Waals surface area contributed by atoms with E-state index in [9.17, 15) is 13.2 Å². The van der Waals surface area contributed by atoms with Gasteiger partial charge in [0.2, 0.25) is 10.0 Å². The third-order valence-electron chi connectivity index (χ3n) is 4.67. The minimum atomic E-state index is -3.59. The Kier molecular flexibility index (Phi) is 5.29. The molecule has 0 aliphatic carbocycles. The lowest BCUT2D eigenvalue weighted by Crippen LogP contribution is -2.30. The smallest absolute Gasteiger partial charge is 0.254 e. The molecule has 1 heterocycles. The summed E-state index contributed by atoms with van der Waals surface area (Å²) in [6, 6.07) is 13.8. The van der Waals surface area contributed by atoms with Crippen molar-refractivity contribution in [3.8, 4) is 5.75 Å². The second-order valence-corrected chi connectivity index (χ2v) is 8.05. The van der Waals surface area contributed by atoms with Crippen molar-refractivity contribution in [2.75, 3.05) is 20.7 Å². The molecule has 0 spiro atoms. The number of ether oxygens (including phenoxy) is 1. The van der Waals surface area contributed by atoms with Gasteiger partial charge in [-0.15, -0.1) is 0 Å². The predicted octanol–water partition coefficient (Wildman–Crippen LogP) is 2.58. The molecule has 0 saturated carbocycles. The molecule has 0 unspecified atom stereocenters. The number of carbonyl (C=O) groups is 1. The van der Waals surface area contributed by atoms with Crippen LogP contribution in [0.25, 0.3) is 0 Å². The molecule has 1 amide bonds. The summed E-state index contributed by atoms with van der Waals surface area (Å²) in [4.78, 5) is 14.9. The van der Waals surface area contributed by atoms with Gasteiger partial charge in [-0.25, -0.2) is 13.1 Å². The van der Waals surface area contributed by atoms with Crippen LogP contribution in [-0.2, 0) is 10.0 Å². The van der Waals surface area contributed by atoms with Crippen molar-refractivity contribution in [1.82, 2.24) is 9.62 Å². The van der Waals surface area contributed by atoms with Crippen LogP contribution in [-0.4, -0.2) is 39.9 Å². The first kappa shape index (κ1) is 18.4. The van der Waals surface area contributed by atoms with E-state index in [1.165, 1.54) is 19.2 Å². The summed E-state index contributed by atoms with van der Waals surface area (Å²) in [6.07, 6.45) is 1.80. The molecule has 1 aliphatic rings. The molecule has 3 rings (SSSR count). The Labute approximate surface area is 153 Å². The summed E-state index contributed by atoms with van der Waals surface area (Å²) in [7, 11) is -0.617. The second-order valence-electron chi connectivity index (χ2n) is 6.17. The number of likely N-dealkylation sites (tertiary alicyclic amines) is 1. The Morgan fingerprint density at radius 1 is 1.19 bits per heavy atom. The molecule has 2 aromatic rings. The minimum absolute atomic E-state index is 0.0158. The van der Waals surface area contributed by atoms with Crippen LogP contribution >= 0.6 is 0 Å². The summed E-state index contributed by atoms with van der Waals surface area (Å²) in [6.45, 7) is 0.651. The lowest BCUT2D eigenvalue weighted by molar-refractivity contribution is 0.0735. The Hall–Kier alpha value is -2.38. The third-order valence-corrected chi connectivity index (χ3v) is 6.09. The molecule has 1 aliphatic heterocycles. The van der Waals surface area contributed by atoms with Gasteiger partial charge in [0.15, 0.2) is 0 Å². The van der Waals surface area contributed by atoms with Gasteiger partial charge in [-0.1, -0.05) is 18.2 Å². The predicted molar refractivity (Wildman–Crippen MR) is 98.7 cm³/mol. The zero-order valence-corrected chi connectivity index (χ0v) is 15.6. The van der Waals surface area contributed by atoms with Crippen LogP contribution in [0, 0.1) is 0 Å². The van der Waals surface area contributed by atoms with E-state index >= 15 is 0 Å². The van der Waals surface area contributed by atoms with Gasteiger partial charge in [0, 0.05) is 12.1 Å². The fourth-order valence-electron chi connectivity index (χ4n) is 3.26. The lowest BCUT2D eigenvalue weighted by Gasteiger charge is -2.25. The van der Waals surface area contributed by atoms with Crippen LogP contribution in [0.1, 0.15) is 34.8 Å². The highest BCUT2D eigenvalue weighted by Crippen LogP contribution is 2.34. The summed E-state index contributed by atoms with van der Waals surface area (Å²) < 4.78 is 31.5. The molecule has 1 atom stereocenters. The first-order valence-corrected chi connectivity index (χ1v) is 9.93. The van der Waals surface area contributed by atoms with Gasteiger partial charge in [0.1, 0.15) is 5.75 Å². The van der Waals surface area contributed by atoms with E-state index < -0.39 is 10.0 Å². The van der Waals surface area contributed by atoms with E-state index in [0.29, 0.717) is 12.1 Å². The fraction of sp³-hybridized carbons (Fsp3) is 0.316. The van der Waals surface area contributed by atoms with Crippen LogP contribution < -0.4 is 9.46 Å². The molecule has 7 heteroatoms. The Balaban J connectivity index is 1.87. The number of nitrogens with one attached hydrogen (secondary N) is 1. The van der Waals surface area contributed by atoms with Crippen molar-refractivity contribution in [2.45, 2.75) is 23.8 Å². The number of hydrogen-bond acceptors (Lipinski definition) is 4. The standard InChI is InChI=1S/C19H22N2O4S/c1-20-26(23,24)17-6-3-5-15(13-17)19(22)21-12-4-7-18(21)14-8-10-16(25-2)11-9-14/h3,5-6,8-11,13,18,20H,4,7,12H2,1-2H3/t18-/m1/s1. The van der Waals surface area contributed by atoms with Gasteiger partial charge in [-0.05, 0) is 55.8 Å². The van der Waals surface area contributed by atoms with Gasteiger partial charge in [0.05, 0.1) is 18.0 Å². The van der Waals surface area contributed by atoms with Crippen molar-refractivity contribution in [2.24, 2.45) is 0 Å². The molecule has 6 nitrogen and oxygen atoms in total. The molecular weight excluding hydrogens is 352 g/mol. The molecule has 1 N–H and O–H groups in total. The monoisotopic (exact) mass is 374 g/mol. The van der Waals surface area contributed by atoms with E-state index in [0.717, 1.165) is 24.2 Å². The zero-order valence-electron chi connectivity index (χ0n) is 14.8. The average Bonchev–Trinajstić information content (AvgIpc) is 3.17. The number of rotatable bonds is 5. The lowest BCUT2D eigenvalue weighted by atomic mass is 10.0. The number of carbonyl (C=O) groups excluding carboxylic acids is 1. The number of benzene rings is 2. The van der Waals surface area contributed by atoms with Crippen molar-refractivity contribution in [3.05, 3.63) is 59.7 Å². The molecule has 0 bridgehead atoms. The molecular formula is C19H22N2O4S. The van der Waals surface area contributed by atoms with Crippen LogP contribution in [0.2, 0.25) is 0 Å². The molecule has 138 valence electrons. The molecule has 2 aromatic carbocycles. The van der Waals surface area contributed by atoms with Gasteiger partial charge in [-0.3, -0.25) is 4.79 Å². The SMILES string of the molecule is CNS(=O)(=O)c1cccc(C(=O)N2CCC[C@@H]2c2ccc(OC)cc2)c1. The fourth-order valence-corrected chi connectivity index (χ4v) is 4.04. The van der Waals surface area contributed by atoms with Crippen LogP contribution in [0.3, 0.4) is 0 Å². The number of methoxy groups -OCH3 is 1. The van der Waals surface area contributed by atoms with Gasteiger partial charge >= 0.3 is 0 Å². The number of sulfonamides is 1. The topological polar surface area (TPSA) is 75.7 Å². The van der Waals surface area contributed by atoms with E-state index in [1.807, 2.05) is 29.2 Å². The van der Waals surface area contributed by atoms with Crippen LogP contribution in [0.4, 0.5) is 0 Å². The number of nitrogens with zero attached hydrogens (tertiary/aromatic N) is 1. The highest BCUT2D eigenvalue weighted by molar-refractivity contribution is 7.89. The Morgan fingerprint density at radius 3 is 2.58 bits per heavy atom. The average molecular weight is 374 g/mol. The first-order chi connectivity index (χ1) is 12.5. The normalized spacial score (nSPS) is 17.3. The molecule has 0 radical (unpaired) electrons. The molecule has 1 saturated heterocycles. The van der Waals surface area contributed by atoms with Gasteiger partial charge in [-0.2, -0.15) is 0 Å². The van der Waals surface area contributed by atoms with Crippen molar-refractivity contribution >= 4 is 15.9 Å². The summed E-state index contributed by atoms with van der Waals surface area (Å²) in [5.41, 5.74) is 1.43. The Morgan fingerprint density at radius 2 is 1.92 bits per heavy atom. The summed E-state index contributed by atoms with van der Waals surface area (Å²) >= 11 is 0. The van der Waals surface area contributed by atoms with Gasteiger partial charge in [0.25, 0.3) is 5.91 Å². The van der Waals surface area contributed by atoms with Crippen molar-refractivity contribution in [3.63, 3.8) is 0 Å². The summed E-state index contributed by atoms with van der Waals surface area (Å²) in [5, 5.41) is 0. The Bertz CT molecular complexity index is 894. The second kappa shape index (κ2) is 7.47. The third kappa shape index (κ3) is 3.59. The molecule has 0 aromatic heterocycles. The van der Waals surface area contributed by atoms with E-state index in [-0.39, 0.29) is 16.8 Å². The zero-order chi connectivity index (χ0) is 18.7. The first-order valence-electron chi connectivity index (χ1n) is 8.45. The maximum atomic E-state index is 13.0. The minimum Gasteiger partial charge on any atom is -0.497 e. The van der Waals surface area contributed by atoms with Crippen molar-refractivity contribution < 1.29 is 17.9 Å². The molecule has 26 heavy (non-hydrogen) atoms. The molecule has 1 fully saturated rings. The van der Waals surface area contributed by atoms with Crippen molar-refractivity contribution in [1.29, 1.82) is 0 Å². The maximum Gasteiger partial charge on any atom is 0.254 e. The van der Waals surface area contributed by atoms with E-state index in [1.54, 1.807) is 19.2 Å². The highest BCUT2D eigenvalue weighted by atomic mass is 32.2. The van der Waals surface area contributed by atoms with E-state index in [2.05, 4.69) is 4.72 Å². The summed E-state index contributed by atoms with van der Waals surface area (Å²) in [5.74, 6) is 0.617. The van der Waals surface area contributed by atoms with E-state index in [4.69, 9.17) is 4.74 Å². The number of hydrogen-bond donors (Lipinski definition) is 1. The van der Waals surface area contributed by atoms with Crippen LogP contribution in [0.5, 0.6) is 5.75 Å².